The molecule has 0 bridgehead atoms. The molecule has 1 N–H and O–H groups in total. The first kappa shape index (κ1) is 10.0. The van der Waals surface area contributed by atoms with Gasteiger partial charge in [0.25, 0.3) is 0 Å². The summed E-state index contributed by atoms with van der Waals surface area (Å²) in [5, 5.41) is 3.53. The van der Waals surface area contributed by atoms with Gasteiger partial charge >= 0.3 is 0 Å². The molecule has 0 aromatic rings. The van der Waals surface area contributed by atoms with Gasteiger partial charge in [-0.1, -0.05) is 6.92 Å². The Morgan fingerprint density at radius 1 is 1.33 bits per heavy atom. The normalized spacial score (nSPS) is 20.5. The third-order valence-electron chi connectivity index (χ3n) is 2.60. The number of hydrogen-bond donors (Lipinski definition) is 1. The van der Waals surface area contributed by atoms with Crippen molar-refractivity contribution >= 4 is 0 Å². The smallest absolute Gasteiger partial charge is 0.0591 e. The molecule has 1 fully saturated rings. The molecule has 1 aliphatic rings. The first-order valence-electron chi connectivity index (χ1n) is 5.10. The molecule has 0 unspecified atom stereocenters. The SMILES string of the molecule is CCCOCCNC1(C)CCC1. The van der Waals surface area contributed by atoms with Crippen LogP contribution in [0.2, 0.25) is 0 Å². The summed E-state index contributed by atoms with van der Waals surface area (Å²) in [5.74, 6) is 0. The quantitative estimate of drug-likeness (QED) is 0.617. The second-order valence-electron chi connectivity index (χ2n) is 3.95. The van der Waals surface area contributed by atoms with Gasteiger partial charge < -0.3 is 10.1 Å². The molecule has 2 nitrogen and oxygen atoms in total. The summed E-state index contributed by atoms with van der Waals surface area (Å²) < 4.78 is 5.38. The van der Waals surface area contributed by atoms with Crippen molar-refractivity contribution in [2.24, 2.45) is 0 Å². The number of rotatable bonds is 6. The van der Waals surface area contributed by atoms with Crippen LogP contribution >= 0.6 is 0 Å². The van der Waals surface area contributed by atoms with E-state index in [4.69, 9.17) is 4.74 Å². The van der Waals surface area contributed by atoms with Gasteiger partial charge in [-0.3, -0.25) is 0 Å². The molecule has 0 spiro atoms. The van der Waals surface area contributed by atoms with Crippen LogP contribution in [0.5, 0.6) is 0 Å². The molecule has 72 valence electrons. The number of hydrogen-bond acceptors (Lipinski definition) is 2. The van der Waals surface area contributed by atoms with E-state index >= 15 is 0 Å². The predicted molar refractivity (Wildman–Crippen MR) is 51.4 cm³/mol. The van der Waals surface area contributed by atoms with Gasteiger partial charge in [-0.25, -0.2) is 0 Å². The molecule has 0 heterocycles. The molecule has 0 aromatic carbocycles. The molecule has 0 aromatic heterocycles. The van der Waals surface area contributed by atoms with Crippen LogP contribution in [0, 0.1) is 0 Å². The van der Waals surface area contributed by atoms with Crippen LogP contribution in [0.4, 0.5) is 0 Å². The third-order valence-corrected chi connectivity index (χ3v) is 2.60. The zero-order valence-electron chi connectivity index (χ0n) is 8.36. The molecule has 0 amide bonds. The maximum Gasteiger partial charge on any atom is 0.0591 e. The second kappa shape index (κ2) is 4.83. The van der Waals surface area contributed by atoms with Gasteiger partial charge in [-0.15, -0.1) is 0 Å². The van der Waals surface area contributed by atoms with Crippen molar-refractivity contribution in [1.82, 2.24) is 5.32 Å². The summed E-state index contributed by atoms with van der Waals surface area (Å²) in [7, 11) is 0. The standard InChI is InChI=1S/C10H21NO/c1-3-8-12-9-7-11-10(2)5-4-6-10/h11H,3-9H2,1-2H3. The van der Waals surface area contributed by atoms with E-state index in [1.807, 2.05) is 0 Å². The minimum Gasteiger partial charge on any atom is -0.380 e. The van der Waals surface area contributed by atoms with Crippen LogP contribution in [-0.4, -0.2) is 25.3 Å². The van der Waals surface area contributed by atoms with Gasteiger partial charge in [0.2, 0.25) is 0 Å². The Bertz CT molecular complexity index is 121. The first-order chi connectivity index (χ1) is 5.77. The lowest BCUT2D eigenvalue weighted by molar-refractivity contribution is 0.117. The average molecular weight is 171 g/mol. The molecule has 1 saturated carbocycles. The predicted octanol–water partition coefficient (Wildman–Crippen LogP) is 1.95. The zero-order chi connectivity index (χ0) is 8.86. The summed E-state index contributed by atoms with van der Waals surface area (Å²) in [5.41, 5.74) is 0.440. The van der Waals surface area contributed by atoms with E-state index in [0.29, 0.717) is 5.54 Å². The van der Waals surface area contributed by atoms with Gasteiger partial charge in [-0.05, 0) is 32.6 Å². The van der Waals surface area contributed by atoms with E-state index in [0.717, 1.165) is 26.2 Å². The molecule has 12 heavy (non-hydrogen) atoms. The van der Waals surface area contributed by atoms with E-state index in [2.05, 4.69) is 19.2 Å². The van der Waals surface area contributed by atoms with Crippen molar-refractivity contribution in [3.63, 3.8) is 0 Å². The first-order valence-corrected chi connectivity index (χ1v) is 5.10. The summed E-state index contributed by atoms with van der Waals surface area (Å²) in [6, 6.07) is 0. The molecular weight excluding hydrogens is 150 g/mol. The van der Waals surface area contributed by atoms with Gasteiger partial charge in [0.05, 0.1) is 6.61 Å². The van der Waals surface area contributed by atoms with E-state index in [-0.39, 0.29) is 0 Å². The van der Waals surface area contributed by atoms with Gasteiger partial charge in [0.15, 0.2) is 0 Å². The Hall–Kier alpha value is -0.0800. The van der Waals surface area contributed by atoms with Crippen molar-refractivity contribution in [3.8, 4) is 0 Å². The number of nitrogens with one attached hydrogen (secondary N) is 1. The fraction of sp³-hybridized carbons (Fsp3) is 1.00. The van der Waals surface area contributed by atoms with Gasteiger partial charge in [-0.2, -0.15) is 0 Å². The van der Waals surface area contributed by atoms with Gasteiger partial charge in [0.1, 0.15) is 0 Å². The Kier molecular flexibility index (Phi) is 4.02. The molecule has 1 aliphatic carbocycles. The Labute approximate surface area is 75.7 Å². The van der Waals surface area contributed by atoms with Crippen LogP contribution in [0.15, 0.2) is 0 Å². The lowest BCUT2D eigenvalue weighted by Gasteiger charge is -2.39. The summed E-state index contributed by atoms with van der Waals surface area (Å²) in [4.78, 5) is 0. The molecule has 2 heteroatoms. The fourth-order valence-corrected chi connectivity index (χ4v) is 1.56. The van der Waals surface area contributed by atoms with Crippen molar-refractivity contribution in [2.75, 3.05) is 19.8 Å². The largest absolute Gasteiger partial charge is 0.380 e. The van der Waals surface area contributed by atoms with E-state index < -0.39 is 0 Å². The number of ether oxygens (including phenoxy) is 1. The van der Waals surface area contributed by atoms with Gasteiger partial charge in [0, 0.05) is 18.7 Å². The molecule has 1 rings (SSSR count). The maximum absolute atomic E-state index is 5.38. The minimum absolute atomic E-state index is 0.440. The summed E-state index contributed by atoms with van der Waals surface area (Å²) in [6.45, 7) is 7.22. The van der Waals surface area contributed by atoms with E-state index in [1.165, 1.54) is 19.3 Å². The van der Waals surface area contributed by atoms with Crippen molar-refractivity contribution in [1.29, 1.82) is 0 Å². The molecular formula is C10H21NO. The molecule has 0 radical (unpaired) electrons. The molecule has 0 aliphatic heterocycles. The Morgan fingerprint density at radius 2 is 2.08 bits per heavy atom. The van der Waals surface area contributed by atoms with Crippen LogP contribution in [0.3, 0.4) is 0 Å². The summed E-state index contributed by atoms with van der Waals surface area (Å²) >= 11 is 0. The maximum atomic E-state index is 5.38. The van der Waals surface area contributed by atoms with Crippen molar-refractivity contribution in [3.05, 3.63) is 0 Å². The van der Waals surface area contributed by atoms with E-state index in [9.17, 15) is 0 Å². The highest BCUT2D eigenvalue weighted by Gasteiger charge is 2.30. The fourth-order valence-electron chi connectivity index (χ4n) is 1.56. The summed E-state index contributed by atoms with van der Waals surface area (Å²) in [6.07, 6.45) is 5.18. The highest BCUT2D eigenvalue weighted by molar-refractivity contribution is 4.91. The van der Waals surface area contributed by atoms with Crippen LogP contribution in [0.1, 0.15) is 39.5 Å². The second-order valence-corrected chi connectivity index (χ2v) is 3.95. The lowest BCUT2D eigenvalue weighted by Crippen LogP contribution is -2.49. The van der Waals surface area contributed by atoms with E-state index in [1.54, 1.807) is 0 Å². The average Bonchev–Trinajstić information content (AvgIpc) is 2.01. The lowest BCUT2D eigenvalue weighted by atomic mass is 9.78. The monoisotopic (exact) mass is 171 g/mol. The third kappa shape index (κ3) is 3.11. The van der Waals surface area contributed by atoms with Crippen molar-refractivity contribution in [2.45, 2.75) is 45.1 Å². The van der Waals surface area contributed by atoms with Crippen LogP contribution < -0.4 is 5.32 Å². The zero-order valence-corrected chi connectivity index (χ0v) is 8.36. The Morgan fingerprint density at radius 3 is 2.58 bits per heavy atom. The topological polar surface area (TPSA) is 21.3 Å². The highest BCUT2D eigenvalue weighted by atomic mass is 16.5. The highest BCUT2D eigenvalue weighted by Crippen LogP contribution is 2.30. The molecule has 0 atom stereocenters. The van der Waals surface area contributed by atoms with Crippen LogP contribution in [0.25, 0.3) is 0 Å². The Balaban J connectivity index is 1.88. The minimum atomic E-state index is 0.440. The van der Waals surface area contributed by atoms with Crippen LogP contribution in [-0.2, 0) is 4.74 Å². The molecule has 0 saturated heterocycles. The van der Waals surface area contributed by atoms with Crippen molar-refractivity contribution < 1.29 is 4.74 Å².